The molecule has 0 aromatic heterocycles. The second kappa shape index (κ2) is 3.65. The van der Waals surface area contributed by atoms with Crippen LogP contribution in [0, 0.1) is 0 Å². The maximum absolute atomic E-state index is 10.1. The van der Waals surface area contributed by atoms with E-state index in [1.807, 2.05) is 0 Å². The van der Waals surface area contributed by atoms with E-state index in [0.717, 1.165) is 0 Å². The molecule has 1 unspecified atom stereocenters. The summed E-state index contributed by atoms with van der Waals surface area (Å²) in [5.41, 5.74) is 5.04. The maximum atomic E-state index is 10.1. The predicted octanol–water partition coefficient (Wildman–Crippen LogP) is -1.32. The normalized spacial score (nSPS) is 14.4. The van der Waals surface area contributed by atoms with Crippen molar-refractivity contribution >= 4 is 16.1 Å². The molecule has 7 heteroatoms. The van der Waals surface area contributed by atoms with Gasteiger partial charge in [0.1, 0.15) is 0 Å². The first-order valence-corrected chi connectivity index (χ1v) is 4.34. The van der Waals surface area contributed by atoms with E-state index in [2.05, 4.69) is 0 Å². The fourth-order valence-corrected chi connectivity index (χ4v) is 1.21. The van der Waals surface area contributed by atoms with Crippen LogP contribution in [0.15, 0.2) is 0 Å². The van der Waals surface area contributed by atoms with Gasteiger partial charge in [0.05, 0.1) is 12.2 Å². The molecule has 0 heterocycles. The number of carbonyl (C=O) groups is 1. The molecule has 1 atom stereocenters. The quantitative estimate of drug-likeness (QED) is 0.465. The van der Waals surface area contributed by atoms with Gasteiger partial charge in [0.25, 0.3) is 10.1 Å². The Kier molecular flexibility index (Phi) is 3.43. The second-order valence-electron chi connectivity index (χ2n) is 2.11. The van der Waals surface area contributed by atoms with Gasteiger partial charge in [-0.15, -0.1) is 0 Å². The van der Waals surface area contributed by atoms with Gasteiger partial charge >= 0.3 is 5.97 Å². The second-order valence-corrected chi connectivity index (χ2v) is 3.60. The molecule has 0 saturated heterocycles. The molecule has 6 nitrogen and oxygen atoms in total. The van der Waals surface area contributed by atoms with Gasteiger partial charge in [-0.2, -0.15) is 8.42 Å². The van der Waals surface area contributed by atoms with E-state index in [4.69, 9.17) is 15.4 Å². The third-order valence-electron chi connectivity index (χ3n) is 0.862. The summed E-state index contributed by atoms with van der Waals surface area (Å²) in [5, 5.41) is 8.12. The molecular formula is C4H9NO5S. The number of rotatable bonds is 4. The molecule has 4 N–H and O–H groups in total. The highest BCUT2D eigenvalue weighted by atomic mass is 32.2. The van der Waals surface area contributed by atoms with E-state index in [1.54, 1.807) is 0 Å². The van der Waals surface area contributed by atoms with Crippen molar-refractivity contribution < 1.29 is 22.9 Å². The first-order valence-electron chi connectivity index (χ1n) is 2.74. The minimum Gasteiger partial charge on any atom is -0.481 e. The lowest BCUT2D eigenvalue weighted by Crippen LogP contribution is -2.31. The number of hydrogen-bond acceptors (Lipinski definition) is 4. The summed E-state index contributed by atoms with van der Waals surface area (Å²) < 4.78 is 28.4. The highest BCUT2D eigenvalue weighted by Gasteiger charge is 2.15. The summed E-state index contributed by atoms with van der Waals surface area (Å²) in [7, 11) is -4.16. The Bertz CT molecular complexity index is 233. The van der Waals surface area contributed by atoms with E-state index in [-0.39, 0.29) is 0 Å². The minimum absolute atomic E-state index is 0.472. The van der Waals surface area contributed by atoms with Crippen molar-refractivity contribution in [2.45, 2.75) is 12.5 Å². The summed E-state index contributed by atoms with van der Waals surface area (Å²) in [6.07, 6.45) is -0.472. The topological polar surface area (TPSA) is 118 Å². The van der Waals surface area contributed by atoms with Crippen molar-refractivity contribution in [2.75, 3.05) is 5.75 Å². The molecule has 0 spiro atoms. The highest BCUT2D eigenvalue weighted by molar-refractivity contribution is 7.85. The lowest BCUT2D eigenvalue weighted by atomic mass is 10.3. The molecule has 0 rings (SSSR count). The Morgan fingerprint density at radius 3 is 2.27 bits per heavy atom. The highest BCUT2D eigenvalue weighted by Crippen LogP contribution is 1.92. The summed E-state index contributed by atoms with van der Waals surface area (Å²) in [5.74, 6) is -1.92. The van der Waals surface area contributed by atoms with E-state index < -0.39 is 34.3 Å². The Hall–Kier alpha value is -0.660. The number of carboxylic acids is 1. The molecule has 0 fully saturated rings. The van der Waals surface area contributed by atoms with Crippen molar-refractivity contribution in [1.82, 2.24) is 0 Å². The zero-order valence-electron chi connectivity index (χ0n) is 5.60. The molecule has 0 amide bonds. The van der Waals surface area contributed by atoms with Crippen LogP contribution in [-0.2, 0) is 14.9 Å². The van der Waals surface area contributed by atoms with Crippen LogP contribution in [0.4, 0.5) is 0 Å². The molecule has 0 aromatic rings. The van der Waals surface area contributed by atoms with Gasteiger partial charge in [-0.3, -0.25) is 9.35 Å². The van der Waals surface area contributed by atoms with Crippen LogP contribution in [0.25, 0.3) is 0 Å². The third kappa shape index (κ3) is 7.23. The van der Waals surface area contributed by atoms with Gasteiger partial charge in [-0.05, 0) is 0 Å². The van der Waals surface area contributed by atoms with Crippen LogP contribution in [0.2, 0.25) is 0 Å². The Labute approximate surface area is 63.8 Å². The van der Waals surface area contributed by atoms with Gasteiger partial charge in [-0.25, -0.2) is 0 Å². The molecule has 0 radical (unpaired) electrons. The standard InChI is InChI=1S/C4H9NO5S/c5-3(1-4(6)7)2-11(8,9)10/h3H,1-2,5H2,(H,6,7)(H,8,9,10). The zero-order valence-corrected chi connectivity index (χ0v) is 6.41. The Morgan fingerprint density at radius 1 is 1.55 bits per heavy atom. The molecule has 66 valence electrons. The lowest BCUT2D eigenvalue weighted by molar-refractivity contribution is -0.137. The van der Waals surface area contributed by atoms with Crippen LogP contribution in [0.1, 0.15) is 6.42 Å². The summed E-state index contributed by atoms with van der Waals surface area (Å²) in [6, 6.07) is -1.05. The third-order valence-corrected chi connectivity index (χ3v) is 1.71. The smallest absolute Gasteiger partial charge is 0.304 e. The van der Waals surface area contributed by atoms with Gasteiger partial charge in [-0.1, -0.05) is 0 Å². The van der Waals surface area contributed by atoms with Crippen LogP contribution in [0.3, 0.4) is 0 Å². The maximum Gasteiger partial charge on any atom is 0.304 e. The van der Waals surface area contributed by atoms with Gasteiger partial charge in [0.15, 0.2) is 0 Å². The summed E-state index contributed by atoms with van der Waals surface area (Å²) in [4.78, 5) is 9.94. The summed E-state index contributed by atoms with van der Waals surface area (Å²) >= 11 is 0. The lowest BCUT2D eigenvalue weighted by Gasteiger charge is -2.04. The first kappa shape index (κ1) is 10.3. The average Bonchev–Trinajstić information content (AvgIpc) is 1.53. The largest absolute Gasteiger partial charge is 0.481 e. The van der Waals surface area contributed by atoms with Crippen LogP contribution in [0.5, 0.6) is 0 Å². The van der Waals surface area contributed by atoms with E-state index >= 15 is 0 Å². The van der Waals surface area contributed by atoms with E-state index in [9.17, 15) is 13.2 Å². The molecule has 0 aliphatic rings. The number of nitrogens with two attached hydrogens (primary N) is 1. The number of hydrogen-bond donors (Lipinski definition) is 3. The first-order chi connectivity index (χ1) is 4.81. The van der Waals surface area contributed by atoms with E-state index in [0.29, 0.717) is 0 Å². The SMILES string of the molecule is NC(CC(=O)O)CS(=O)(=O)O. The Morgan fingerprint density at radius 2 is 2.00 bits per heavy atom. The molecule has 0 aliphatic carbocycles. The molecule has 11 heavy (non-hydrogen) atoms. The van der Waals surface area contributed by atoms with Crippen molar-refractivity contribution in [1.29, 1.82) is 0 Å². The number of aliphatic carboxylic acids is 1. The van der Waals surface area contributed by atoms with Crippen molar-refractivity contribution in [3.63, 3.8) is 0 Å². The monoisotopic (exact) mass is 183 g/mol. The van der Waals surface area contributed by atoms with Crippen LogP contribution < -0.4 is 5.73 Å². The van der Waals surface area contributed by atoms with Gasteiger partial charge in [0, 0.05) is 6.04 Å². The van der Waals surface area contributed by atoms with Crippen molar-refractivity contribution in [2.24, 2.45) is 5.73 Å². The van der Waals surface area contributed by atoms with Gasteiger partial charge < -0.3 is 10.8 Å². The predicted molar refractivity (Wildman–Crippen MR) is 36.6 cm³/mol. The Balaban J connectivity index is 3.89. The fourth-order valence-electron chi connectivity index (χ4n) is 0.554. The summed E-state index contributed by atoms with van der Waals surface area (Å²) in [6.45, 7) is 0. The van der Waals surface area contributed by atoms with E-state index in [1.165, 1.54) is 0 Å². The minimum atomic E-state index is -4.16. The molecular weight excluding hydrogens is 174 g/mol. The van der Waals surface area contributed by atoms with Crippen molar-refractivity contribution in [3.8, 4) is 0 Å². The van der Waals surface area contributed by atoms with Crippen LogP contribution >= 0.6 is 0 Å². The number of carboxylic acid groups (broad SMARTS) is 1. The molecule has 0 aromatic carbocycles. The van der Waals surface area contributed by atoms with Crippen LogP contribution in [-0.4, -0.2) is 35.8 Å². The molecule has 0 bridgehead atoms. The molecule has 0 saturated carbocycles. The zero-order chi connectivity index (χ0) is 9.07. The van der Waals surface area contributed by atoms with Crippen molar-refractivity contribution in [3.05, 3.63) is 0 Å². The fraction of sp³-hybridized carbons (Fsp3) is 0.750. The van der Waals surface area contributed by atoms with Gasteiger partial charge in [0.2, 0.25) is 0 Å². The molecule has 0 aliphatic heterocycles. The average molecular weight is 183 g/mol.